The fraction of sp³-hybridized carbons (Fsp3) is 0.568. The molecule has 2 atom stereocenters. The number of nitrogens with one attached hydrogen (secondary N) is 1. The number of H-pyrrole nitrogens is 1. The lowest BCUT2D eigenvalue weighted by Gasteiger charge is -2.15. The third-order valence-electron chi connectivity index (χ3n) is 8.22. The van der Waals surface area contributed by atoms with E-state index >= 15 is 0 Å². The van der Waals surface area contributed by atoms with E-state index in [0.29, 0.717) is 24.0 Å². The quantitative estimate of drug-likeness (QED) is 0.102. The van der Waals surface area contributed by atoms with Gasteiger partial charge in [0.2, 0.25) is 0 Å². The molecule has 0 saturated carbocycles. The van der Waals surface area contributed by atoms with Crippen LogP contribution in [0.1, 0.15) is 125 Å². The molecule has 8 nitrogen and oxygen atoms in total. The van der Waals surface area contributed by atoms with Crippen LogP contribution in [0.15, 0.2) is 75.7 Å². The summed E-state index contributed by atoms with van der Waals surface area (Å²) in [6, 6.07) is 0. The summed E-state index contributed by atoms with van der Waals surface area (Å²) < 4.78 is 13.3. The molecule has 1 aliphatic heterocycles. The van der Waals surface area contributed by atoms with Crippen LogP contribution in [-0.2, 0) is 14.3 Å². The number of esters is 1. The molecule has 1 N–H and O–H groups in total. The van der Waals surface area contributed by atoms with E-state index < -0.39 is 0 Å². The number of hydrogen-bond donors (Lipinski definition) is 1. The van der Waals surface area contributed by atoms with Crippen LogP contribution in [0.5, 0.6) is 0 Å². The minimum atomic E-state index is -0.277. The van der Waals surface area contributed by atoms with E-state index in [1.165, 1.54) is 34.2 Å². The Bertz CT molecular complexity index is 1450. The molecule has 45 heavy (non-hydrogen) atoms. The van der Waals surface area contributed by atoms with E-state index in [1.807, 2.05) is 0 Å². The predicted octanol–water partition coefficient (Wildman–Crippen LogP) is 8.99. The van der Waals surface area contributed by atoms with Crippen molar-refractivity contribution in [3.05, 3.63) is 81.3 Å². The summed E-state index contributed by atoms with van der Waals surface area (Å²) in [4.78, 5) is 35.2. The van der Waals surface area contributed by atoms with Crippen LogP contribution >= 0.6 is 0 Å². The summed E-state index contributed by atoms with van der Waals surface area (Å²) in [6.07, 6.45) is 25.5. The maximum atomic E-state index is 12.4. The molecular formula is C37H54N4O4. The van der Waals surface area contributed by atoms with Gasteiger partial charge in [-0.1, -0.05) is 58.2 Å². The molecule has 1 saturated heterocycles. The second-order valence-corrected chi connectivity index (χ2v) is 12.7. The Morgan fingerprint density at radius 3 is 2.02 bits per heavy atom. The number of imidazole rings is 1. The fourth-order valence-electron chi connectivity index (χ4n) is 5.39. The summed E-state index contributed by atoms with van der Waals surface area (Å²) in [5, 5.41) is 0. The van der Waals surface area contributed by atoms with Crippen LogP contribution < -0.4 is 5.56 Å². The second-order valence-electron chi connectivity index (χ2n) is 12.7. The first-order chi connectivity index (χ1) is 21.6. The summed E-state index contributed by atoms with van der Waals surface area (Å²) in [6.45, 7) is 13.3. The van der Waals surface area contributed by atoms with Crippen molar-refractivity contribution < 1.29 is 14.3 Å². The van der Waals surface area contributed by atoms with Crippen LogP contribution in [0.4, 0.5) is 0 Å². The number of fused-ring (bicyclic) bond motifs is 1. The Morgan fingerprint density at radius 2 is 1.40 bits per heavy atom. The highest BCUT2D eigenvalue weighted by Gasteiger charge is 2.29. The molecule has 0 spiro atoms. The Hall–Kier alpha value is -3.52. The molecule has 3 rings (SSSR count). The topological polar surface area (TPSA) is 99.1 Å². The average molecular weight is 619 g/mol. The summed E-state index contributed by atoms with van der Waals surface area (Å²) in [5.41, 5.74) is 7.51. The number of aromatic amines is 1. The number of aromatic nitrogens is 4. The van der Waals surface area contributed by atoms with E-state index in [4.69, 9.17) is 9.47 Å². The normalized spacial score (nSPS) is 18.1. The van der Waals surface area contributed by atoms with Gasteiger partial charge in [-0.3, -0.25) is 14.2 Å². The maximum Gasteiger partial charge on any atom is 0.306 e. The minimum Gasteiger partial charge on any atom is -0.463 e. The van der Waals surface area contributed by atoms with Gasteiger partial charge in [0.25, 0.3) is 5.56 Å². The maximum absolute atomic E-state index is 12.4. The van der Waals surface area contributed by atoms with Crippen molar-refractivity contribution in [2.75, 3.05) is 6.61 Å². The smallest absolute Gasteiger partial charge is 0.306 e. The molecule has 0 aliphatic carbocycles. The second kappa shape index (κ2) is 19.1. The van der Waals surface area contributed by atoms with Crippen LogP contribution in [0, 0.1) is 0 Å². The largest absolute Gasteiger partial charge is 0.463 e. The number of hydrogen-bond acceptors (Lipinski definition) is 6. The Kier molecular flexibility index (Phi) is 15.3. The van der Waals surface area contributed by atoms with E-state index in [0.717, 1.165) is 64.2 Å². The van der Waals surface area contributed by atoms with Crippen LogP contribution in [0.3, 0.4) is 0 Å². The van der Waals surface area contributed by atoms with Gasteiger partial charge >= 0.3 is 5.97 Å². The van der Waals surface area contributed by atoms with E-state index in [-0.39, 0.29) is 30.5 Å². The van der Waals surface area contributed by atoms with Crippen LogP contribution in [-0.4, -0.2) is 38.2 Å². The number of carbonyl (C=O) groups is 1. The Balaban J connectivity index is 1.25. The molecule has 3 heterocycles. The number of ether oxygens (including phenoxy) is 2. The average Bonchev–Trinajstić information content (AvgIpc) is 3.65. The third kappa shape index (κ3) is 13.2. The van der Waals surface area contributed by atoms with Gasteiger partial charge in [0, 0.05) is 6.42 Å². The van der Waals surface area contributed by atoms with Crippen molar-refractivity contribution in [1.29, 1.82) is 0 Å². The molecule has 0 unspecified atom stereocenters. The van der Waals surface area contributed by atoms with Crippen molar-refractivity contribution >= 4 is 17.1 Å². The van der Waals surface area contributed by atoms with Gasteiger partial charge in [-0.15, -0.1) is 0 Å². The molecule has 0 bridgehead atoms. The monoisotopic (exact) mass is 618 g/mol. The van der Waals surface area contributed by atoms with Gasteiger partial charge < -0.3 is 14.5 Å². The molecule has 1 aliphatic rings. The summed E-state index contributed by atoms with van der Waals surface area (Å²) >= 11 is 0. The molecule has 8 heteroatoms. The first kappa shape index (κ1) is 36.0. The van der Waals surface area contributed by atoms with Crippen LogP contribution in [0.25, 0.3) is 11.2 Å². The van der Waals surface area contributed by atoms with Crippen molar-refractivity contribution in [1.82, 2.24) is 19.5 Å². The molecule has 2 aromatic rings. The van der Waals surface area contributed by atoms with E-state index in [2.05, 4.69) is 86.9 Å². The summed E-state index contributed by atoms with van der Waals surface area (Å²) in [7, 11) is 0. The molecule has 0 radical (unpaired) electrons. The first-order valence-corrected chi connectivity index (χ1v) is 16.6. The SMILES string of the molecule is CC(C)=CCC/C(C)=C/CC/C(C)=C/CC/C=C(\C)CC/C=C(\C)CCC(=O)OC[C@@H]1CC[C@H](n2cnc3c(=O)[nH]cnc32)O1. The molecule has 0 aromatic carbocycles. The number of nitrogens with zero attached hydrogens (tertiary/aromatic N) is 3. The lowest BCUT2D eigenvalue weighted by atomic mass is 10.0. The molecule has 2 aromatic heterocycles. The van der Waals surface area contributed by atoms with Gasteiger partial charge in [0.1, 0.15) is 12.8 Å². The van der Waals surface area contributed by atoms with E-state index in [1.54, 1.807) is 10.9 Å². The van der Waals surface area contributed by atoms with Crippen LogP contribution in [0.2, 0.25) is 0 Å². The van der Waals surface area contributed by atoms with E-state index in [9.17, 15) is 9.59 Å². The predicted molar refractivity (Wildman–Crippen MR) is 183 cm³/mol. The van der Waals surface area contributed by atoms with Crippen molar-refractivity contribution in [3.63, 3.8) is 0 Å². The van der Waals surface area contributed by atoms with Crippen molar-refractivity contribution in [2.24, 2.45) is 0 Å². The highest BCUT2D eigenvalue weighted by molar-refractivity contribution is 5.70. The van der Waals surface area contributed by atoms with Gasteiger partial charge in [-0.05, 0) is 112 Å². The van der Waals surface area contributed by atoms with Crippen molar-refractivity contribution in [2.45, 2.75) is 131 Å². The van der Waals surface area contributed by atoms with Gasteiger partial charge in [0.15, 0.2) is 11.2 Å². The first-order valence-electron chi connectivity index (χ1n) is 16.6. The highest BCUT2D eigenvalue weighted by Crippen LogP contribution is 2.30. The number of carbonyl (C=O) groups excluding carboxylic acids is 1. The third-order valence-corrected chi connectivity index (χ3v) is 8.22. The molecule has 1 fully saturated rings. The number of rotatable bonds is 18. The lowest BCUT2D eigenvalue weighted by Crippen LogP contribution is -2.19. The zero-order chi connectivity index (χ0) is 32.6. The molecule has 0 amide bonds. The highest BCUT2D eigenvalue weighted by atomic mass is 16.6. The number of allylic oxidation sites excluding steroid dienone is 10. The van der Waals surface area contributed by atoms with Gasteiger partial charge in [0.05, 0.1) is 18.8 Å². The van der Waals surface area contributed by atoms with Crippen molar-refractivity contribution in [3.8, 4) is 0 Å². The fourth-order valence-corrected chi connectivity index (χ4v) is 5.39. The van der Waals surface area contributed by atoms with Gasteiger partial charge in [-0.25, -0.2) is 9.97 Å². The molecule has 246 valence electrons. The Labute approximate surface area is 269 Å². The van der Waals surface area contributed by atoms with Gasteiger partial charge in [-0.2, -0.15) is 0 Å². The molecular weight excluding hydrogens is 564 g/mol. The standard InChI is InChI=1S/C37H54N4O4/c1-27(2)12-9-15-30(5)18-10-16-28(3)13-7-8-14-29(4)17-11-19-31(6)20-23-34(42)44-24-32-21-22-33(45-32)41-26-40-35-36(41)38-25-39-37(35)43/h12-14,18-19,25-26,32-33H,7-11,15-17,20-24H2,1-6H3,(H,38,39,43)/b28-13+,29-14+,30-18+,31-19+/t32-,33+/m0/s1. The number of unbranched alkanes of at least 4 members (excludes halogenated alkanes) is 1. The summed E-state index contributed by atoms with van der Waals surface area (Å²) in [5.74, 6) is -0.207. The minimum absolute atomic E-state index is 0.182. The zero-order valence-corrected chi connectivity index (χ0v) is 28.4. The Morgan fingerprint density at radius 1 is 0.822 bits per heavy atom. The lowest BCUT2D eigenvalue weighted by molar-refractivity contribution is -0.148. The zero-order valence-electron chi connectivity index (χ0n) is 28.4.